The molecule has 0 radical (unpaired) electrons. The van der Waals surface area contributed by atoms with Gasteiger partial charge in [0.15, 0.2) is 6.10 Å². The van der Waals surface area contributed by atoms with Crippen molar-refractivity contribution >= 4 is 18.3 Å². The molecule has 0 heterocycles. The van der Waals surface area contributed by atoms with Crippen molar-refractivity contribution in [2.24, 2.45) is 0 Å². The Morgan fingerprint density at radius 1 is 1.26 bits per heavy atom. The number of halogens is 1. The Kier molecular flexibility index (Phi) is 8.19. The van der Waals surface area contributed by atoms with E-state index < -0.39 is 6.10 Å². The van der Waals surface area contributed by atoms with Gasteiger partial charge >= 0.3 is 0 Å². The molecule has 1 rings (SSSR count). The summed E-state index contributed by atoms with van der Waals surface area (Å²) in [7, 11) is 1.86. The van der Waals surface area contributed by atoms with Gasteiger partial charge in [-0.25, -0.2) is 0 Å². The van der Waals surface area contributed by atoms with Crippen LogP contribution in [0.4, 0.5) is 0 Å². The topological polar surface area (TPSA) is 50.4 Å². The number of amides is 1. The van der Waals surface area contributed by atoms with Crippen LogP contribution in [0.3, 0.4) is 0 Å². The third-order valence-corrected chi connectivity index (χ3v) is 2.78. The van der Waals surface area contributed by atoms with Crippen LogP contribution in [0.1, 0.15) is 19.4 Å². The van der Waals surface area contributed by atoms with Crippen molar-refractivity contribution < 1.29 is 9.53 Å². The number of likely N-dealkylation sites (N-methyl/N-ethyl adjacent to an activating group) is 1. The second-order valence-corrected chi connectivity index (χ2v) is 4.51. The molecule has 1 amide bonds. The average Bonchev–Trinajstić information content (AvgIpc) is 2.38. The van der Waals surface area contributed by atoms with Gasteiger partial charge in [-0.2, -0.15) is 0 Å². The summed E-state index contributed by atoms with van der Waals surface area (Å²) in [6, 6.07) is 7.91. The molecule has 5 heteroatoms. The molecule has 19 heavy (non-hydrogen) atoms. The van der Waals surface area contributed by atoms with Crippen LogP contribution in [0, 0.1) is 6.92 Å². The number of carbonyl (C=O) groups is 1. The third kappa shape index (κ3) is 6.45. The number of hydrogen-bond acceptors (Lipinski definition) is 3. The lowest BCUT2D eigenvalue weighted by Crippen LogP contribution is -2.42. The molecule has 2 N–H and O–H groups in total. The number of nitrogens with one attached hydrogen (secondary N) is 2. The number of rotatable bonds is 6. The van der Waals surface area contributed by atoms with E-state index in [0.717, 1.165) is 0 Å². The summed E-state index contributed by atoms with van der Waals surface area (Å²) in [5, 5.41) is 5.90. The lowest BCUT2D eigenvalue weighted by molar-refractivity contribution is -0.127. The van der Waals surface area contributed by atoms with Crippen LogP contribution in [0.25, 0.3) is 0 Å². The molecule has 0 saturated heterocycles. The first-order valence-corrected chi connectivity index (χ1v) is 6.21. The van der Waals surface area contributed by atoms with E-state index in [1.54, 1.807) is 6.92 Å². The van der Waals surface area contributed by atoms with Crippen LogP contribution in [-0.4, -0.2) is 31.6 Å². The minimum Gasteiger partial charge on any atom is -0.481 e. The first-order valence-electron chi connectivity index (χ1n) is 6.21. The van der Waals surface area contributed by atoms with Crippen molar-refractivity contribution in [3.63, 3.8) is 0 Å². The molecular formula is C14H23ClN2O2. The van der Waals surface area contributed by atoms with Gasteiger partial charge in [0.25, 0.3) is 5.91 Å². The maximum atomic E-state index is 11.8. The highest BCUT2D eigenvalue weighted by molar-refractivity contribution is 5.85. The van der Waals surface area contributed by atoms with Crippen molar-refractivity contribution in [1.29, 1.82) is 0 Å². The van der Waals surface area contributed by atoms with Crippen LogP contribution in [0.15, 0.2) is 24.3 Å². The maximum absolute atomic E-state index is 11.8. The van der Waals surface area contributed by atoms with Crippen molar-refractivity contribution in [3.8, 4) is 5.75 Å². The number of aryl methyl sites for hydroxylation is 1. The second-order valence-electron chi connectivity index (χ2n) is 4.51. The van der Waals surface area contributed by atoms with Gasteiger partial charge in [-0.1, -0.05) is 17.7 Å². The largest absolute Gasteiger partial charge is 0.481 e. The summed E-state index contributed by atoms with van der Waals surface area (Å²) in [6.07, 6.45) is -0.489. The Balaban J connectivity index is 0.00000324. The Morgan fingerprint density at radius 2 is 1.84 bits per heavy atom. The van der Waals surface area contributed by atoms with Crippen molar-refractivity contribution in [3.05, 3.63) is 29.8 Å². The Bertz CT molecular complexity index is 382. The fourth-order valence-electron chi connectivity index (χ4n) is 1.37. The molecule has 2 unspecified atom stereocenters. The van der Waals surface area contributed by atoms with Gasteiger partial charge < -0.3 is 15.4 Å². The summed E-state index contributed by atoms with van der Waals surface area (Å²) in [4.78, 5) is 11.8. The van der Waals surface area contributed by atoms with Gasteiger partial charge in [-0.05, 0) is 40.0 Å². The molecule has 1 aromatic carbocycles. The quantitative estimate of drug-likeness (QED) is 0.840. The monoisotopic (exact) mass is 286 g/mol. The smallest absolute Gasteiger partial charge is 0.260 e. The van der Waals surface area contributed by atoms with E-state index in [0.29, 0.717) is 12.3 Å². The summed E-state index contributed by atoms with van der Waals surface area (Å²) in [6.45, 7) is 6.36. The van der Waals surface area contributed by atoms with E-state index in [4.69, 9.17) is 4.74 Å². The minimum absolute atomic E-state index is 0. The number of hydrogen-bond donors (Lipinski definition) is 2. The number of ether oxygens (including phenoxy) is 1. The predicted octanol–water partition coefficient (Wildman–Crippen LogP) is 1.91. The van der Waals surface area contributed by atoms with Crippen molar-refractivity contribution in [2.75, 3.05) is 13.6 Å². The van der Waals surface area contributed by atoms with Gasteiger partial charge in [-0.3, -0.25) is 4.79 Å². The van der Waals surface area contributed by atoms with E-state index in [1.165, 1.54) is 5.56 Å². The first kappa shape index (κ1) is 17.7. The normalized spacial score (nSPS) is 13.1. The van der Waals surface area contributed by atoms with Crippen molar-refractivity contribution in [1.82, 2.24) is 10.6 Å². The molecule has 0 saturated carbocycles. The Labute approximate surface area is 121 Å². The van der Waals surface area contributed by atoms with Crippen molar-refractivity contribution in [2.45, 2.75) is 32.9 Å². The van der Waals surface area contributed by atoms with Gasteiger partial charge in [0, 0.05) is 12.6 Å². The van der Waals surface area contributed by atoms with Crippen LogP contribution in [-0.2, 0) is 4.79 Å². The highest BCUT2D eigenvalue weighted by Gasteiger charge is 2.14. The number of benzene rings is 1. The lowest BCUT2D eigenvalue weighted by Gasteiger charge is -2.16. The standard InChI is InChI=1S/C14H22N2O2.ClH/c1-10-5-7-13(8-6-10)18-12(3)14(17)16-9-11(2)15-4;/h5-8,11-12,15H,9H2,1-4H3,(H,16,17);1H. The highest BCUT2D eigenvalue weighted by atomic mass is 35.5. The molecular weight excluding hydrogens is 264 g/mol. The van der Waals surface area contributed by atoms with E-state index in [-0.39, 0.29) is 24.4 Å². The Hall–Kier alpha value is -1.26. The molecule has 0 aliphatic heterocycles. The van der Waals surface area contributed by atoms with Gasteiger partial charge in [0.1, 0.15) is 5.75 Å². The zero-order chi connectivity index (χ0) is 13.5. The predicted molar refractivity (Wildman–Crippen MR) is 80.0 cm³/mol. The molecule has 0 aliphatic carbocycles. The fraction of sp³-hybridized carbons (Fsp3) is 0.500. The van der Waals surface area contributed by atoms with Gasteiger partial charge in [0.2, 0.25) is 0 Å². The summed E-state index contributed by atoms with van der Waals surface area (Å²) >= 11 is 0. The van der Waals surface area contributed by atoms with E-state index in [9.17, 15) is 4.79 Å². The van der Waals surface area contributed by atoms with Crippen LogP contribution in [0.5, 0.6) is 5.75 Å². The van der Waals surface area contributed by atoms with E-state index in [2.05, 4.69) is 10.6 Å². The Morgan fingerprint density at radius 3 is 2.37 bits per heavy atom. The van der Waals surface area contributed by atoms with E-state index >= 15 is 0 Å². The second kappa shape index (κ2) is 8.77. The van der Waals surface area contributed by atoms with Crippen LogP contribution in [0.2, 0.25) is 0 Å². The van der Waals surface area contributed by atoms with Crippen LogP contribution >= 0.6 is 12.4 Å². The van der Waals surface area contributed by atoms with E-state index in [1.807, 2.05) is 45.2 Å². The summed E-state index contributed by atoms with van der Waals surface area (Å²) in [5.41, 5.74) is 1.17. The zero-order valence-electron chi connectivity index (χ0n) is 11.9. The average molecular weight is 287 g/mol. The SMILES string of the molecule is CNC(C)CNC(=O)C(C)Oc1ccc(C)cc1.Cl. The fourth-order valence-corrected chi connectivity index (χ4v) is 1.37. The summed E-state index contributed by atoms with van der Waals surface area (Å²) < 4.78 is 5.56. The first-order chi connectivity index (χ1) is 8.52. The lowest BCUT2D eigenvalue weighted by atomic mass is 10.2. The molecule has 0 aromatic heterocycles. The summed E-state index contributed by atoms with van der Waals surface area (Å²) in [5.74, 6) is 0.614. The molecule has 0 fully saturated rings. The molecule has 4 nitrogen and oxygen atoms in total. The molecule has 2 atom stereocenters. The van der Waals surface area contributed by atoms with Gasteiger partial charge in [0.05, 0.1) is 0 Å². The number of carbonyl (C=O) groups excluding carboxylic acids is 1. The molecule has 0 bridgehead atoms. The highest BCUT2D eigenvalue weighted by Crippen LogP contribution is 2.13. The zero-order valence-corrected chi connectivity index (χ0v) is 12.7. The molecule has 0 aliphatic rings. The molecule has 1 aromatic rings. The molecule has 0 spiro atoms. The van der Waals surface area contributed by atoms with Crippen LogP contribution < -0.4 is 15.4 Å². The molecule has 108 valence electrons. The maximum Gasteiger partial charge on any atom is 0.260 e. The minimum atomic E-state index is -0.489. The van der Waals surface area contributed by atoms with Gasteiger partial charge in [-0.15, -0.1) is 12.4 Å². The third-order valence-electron chi connectivity index (χ3n) is 2.78.